The van der Waals surface area contributed by atoms with Crippen LogP contribution in [-0.4, -0.2) is 54.4 Å². The zero-order valence-corrected chi connectivity index (χ0v) is 20.9. The fourth-order valence-corrected chi connectivity index (χ4v) is 4.68. The first-order chi connectivity index (χ1) is 16.5. The number of hydrogen-bond donors (Lipinski definition) is 1. The monoisotopic (exact) mass is 465 g/mol. The molecule has 8 heteroatoms. The molecule has 1 fully saturated rings. The number of nitrogens with zero attached hydrogens (tertiary/aromatic N) is 4. The number of piperidine rings is 1. The second kappa shape index (κ2) is 10.3. The van der Waals surface area contributed by atoms with Crippen molar-refractivity contribution in [2.45, 2.75) is 46.5 Å². The highest BCUT2D eigenvalue weighted by molar-refractivity contribution is 5.82. The van der Waals surface area contributed by atoms with E-state index in [9.17, 15) is 4.79 Å². The van der Waals surface area contributed by atoms with Crippen molar-refractivity contribution in [2.24, 2.45) is 5.92 Å². The summed E-state index contributed by atoms with van der Waals surface area (Å²) in [5.41, 5.74) is 4.62. The van der Waals surface area contributed by atoms with Crippen molar-refractivity contribution in [3.8, 4) is 22.6 Å². The highest BCUT2D eigenvalue weighted by Gasteiger charge is 2.27. The fraction of sp³-hybridized carbons (Fsp3) is 0.500. The maximum Gasteiger partial charge on any atom is 0.223 e. The number of benzene rings is 1. The number of aryl methyl sites for hydroxylation is 2. The smallest absolute Gasteiger partial charge is 0.223 e. The Labute approximate surface area is 201 Å². The van der Waals surface area contributed by atoms with E-state index in [2.05, 4.69) is 23.2 Å². The number of ether oxygens (including phenoxy) is 2. The Morgan fingerprint density at radius 1 is 1.12 bits per heavy atom. The van der Waals surface area contributed by atoms with Gasteiger partial charge in [0, 0.05) is 42.9 Å². The lowest BCUT2D eigenvalue weighted by Gasteiger charge is -2.33. The van der Waals surface area contributed by atoms with Crippen LogP contribution >= 0.6 is 0 Å². The van der Waals surface area contributed by atoms with Crippen LogP contribution in [0.1, 0.15) is 44.0 Å². The van der Waals surface area contributed by atoms with Crippen LogP contribution < -0.4 is 19.7 Å². The minimum Gasteiger partial charge on any atom is -0.493 e. The molecule has 8 nitrogen and oxygen atoms in total. The summed E-state index contributed by atoms with van der Waals surface area (Å²) in [6, 6.07) is 7.97. The van der Waals surface area contributed by atoms with Gasteiger partial charge in [0.15, 0.2) is 17.1 Å². The Bertz CT molecular complexity index is 1160. The molecule has 0 unspecified atom stereocenters. The summed E-state index contributed by atoms with van der Waals surface area (Å²) in [4.78, 5) is 19.7. The number of carbonyl (C=O) groups is 1. The molecule has 3 heterocycles. The fourth-order valence-electron chi connectivity index (χ4n) is 4.68. The van der Waals surface area contributed by atoms with Crippen LogP contribution in [0.5, 0.6) is 11.5 Å². The molecule has 0 spiro atoms. The Kier molecular flexibility index (Phi) is 7.24. The summed E-state index contributed by atoms with van der Waals surface area (Å²) >= 11 is 0. The lowest BCUT2D eigenvalue weighted by molar-refractivity contribution is -0.125. The van der Waals surface area contributed by atoms with E-state index in [4.69, 9.17) is 19.6 Å². The van der Waals surface area contributed by atoms with Gasteiger partial charge >= 0.3 is 0 Å². The molecule has 2 aromatic heterocycles. The SMILES string of the molecule is CCCCNC(=O)C1CCN(c2cc(C)nc3c(-c4ccc(OC)c(OC)c4)c(C)nn23)CC1. The van der Waals surface area contributed by atoms with Gasteiger partial charge in [-0.1, -0.05) is 19.4 Å². The summed E-state index contributed by atoms with van der Waals surface area (Å²) in [7, 11) is 3.27. The Morgan fingerprint density at radius 3 is 2.53 bits per heavy atom. The first-order valence-corrected chi connectivity index (χ1v) is 12.1. The topological polar surface area (TPSA) is 81.0 Å². The second-order valence-corrected chi connectivity index (χ2v) is 8.93. The number of amides is 1. The Balaban J connectivity index is 1.62. The molecule has 0 bridgehead atoms. The number of carbonyl (C=O) groups excluding carboxylic acids is 1. The van der Waals surface area contributed by atoms with Gasteiger partial charge in [0.2, 0.25) is 5.91 Å². The van der Waals surface area contributed by atoms with Crippen molar-refractivity contribution in [3.05, 3.63) is 35.7 Å². The molecule has 0 atom stereocenters. The number of unbranched alkanes of at least 4 members (excludes halogenated alkanes) is 1. The minimum atomic E-state index is 0.0770. The van der Waals surface area contributed by atoms with E-state index in [1.165, 1.54) is 0 Å². The van der Waals surface area contributed by atoms with Crippen LogP contribution in [0.4, 0.5) is 5.82 Å². The zero-order valence-electron chi connectivity index (χ0n) is 20.9. The maximum atomic E-state index is 12.5. The maximum absolute atomic E-state index is 12.5. The van der Waals surface area contributed by atoms with Gasteiger partial charge in [0.05, 0.1) is 19.9 Å². The van der Waals surface area contributed by atoms with Gasteiger partial charge < -0.3 is 19.7 Å². The molecular formula is C26H35N5O3. The molecule has 1 aliphatic rings. The molecule has 1 N–H and O–H groups in total. The molecule has 34 heavy (non-hydrogen) atoms. The predicted octanol–water partition coefficient (Wildman–Crippen LogP) is 4.16. The summed E-state index contributed by atoms with van der Waals surface area (Å²) in [5, 5.41) is 7.96. The molecular weight excluding hydrogens is 430 g/mol. The van der Waals surface area contributed by atoms with E-state index >= 15 is 0 Å². The van der Waals surface area contributed by atoms with Crippen molar-refractivity contribution < 1.29 is 14.3 Å². The number of methoxy groups -OCH3 is 2. The summed E-state index contributed by atoms with van der Waals surface area (Å²) in [6.07, 6.45) is 3.79. The Morgan fingerprint density at radius 2 is 1.85 bits per heavy atom. The minimum absolute atomic E-state index is 0.0770. The molecule has 1 saturated heterocycles. The lowest BCUT2D eigenvalue weighted by Crippen LogP contribution is -2.41. The van der Waals surface area contributed by atoms with Crippen LogP contribution in [0.15, 0.2) is 24.3 Å². The van der Waals surface area contributed by atoms with Crippen LogP contribution in [-0.2, 0) is 4.79 Å². The summed E-state index contributed by atoms with van der Waals surface area (Å²) in [6.45, 7) is 8.55. The third kappa shape index (κ3) is 4.67. The summed E-state index contributed by atoms with van der Waals surface area (Å²) in [5.74, 6) is 2.64. The molecule has 1 aromatic carbocycles. The number of nitrogens with one attached hydrogen (secondary N) is 1. The van der Waals surface area contributed by atoms with E-state index in [-0.39, 0.29) is 11.8 Å². The molecule has 1 aliphatic heterocycles. The normalized spacial score (nSPS) is 14.4. The first-order valence-electron chi connectivity index (χ1n) is 12.1. The van der Waals surface area contributed by atoms with E-state index in [0.29, 0.717) is 11.5 Å². The molecule has 3 aromatic rings. The van der Waals surface area contributed by atoms with Gasteiger partial charge in [0.25, 0.3) is 0 Å². The van der Waals surface area contributed by atoms with E-state index in [1.54, 1.807) is 14.2 Å². The van der Waals surface area contributed by atoms with Gasteiger partial charge in [-0.05, 0) is 50.8 Å². The Hall–Kier alpha value is -3.29. The second-order valence-electron chi connectivity index (χ2n) is 8.93. The first kappa shape index (κ1) is 23.9. The lowest BCUT2D eigenvalue weighted by atomic mass is 9.96. The predicted molar refractivity (Wildman–Crippen MR) is 134 cm³/mol. The van der Waals surface area contributed by atoms with Crippen molar-refractivity contribution in [1.82, 2.24) is 19.9 Å². The van der Waals surface area contributed by atoms with Crippen molar-refractivity contribution in [3.63, 3.8) is 0 Å². The van der Waals surface area contributed by atoms with Gasteiger partial charge in [-0.2, -0.15) is 9.61 Å². The standard InChI is InChI=1S/C26H35N5O3/c1-6-7-12-27-26(32)19-10-13-30(14-11-19)23-15-17(2)28-25-24(18(3)29-31(23)25)20-8-9-21(33-4)22(16-20)34-5/h8-9,15-16,19H,6-7,10-14H2,1-5H3,(H,27,32). The van der Waals surface area contributed by atoms with Crippen LogP contribution in [0, 0.1) is 19.8 Å². The average Bonchev–Trinajstić information content (AvgIpc) is 3.18. The van der Waals surface area contributed by atoms with Gasteiger partial charge in [-0.25, -0.2) is 4.98 Å². The van der Waals surface area contributed by atoms with E-state index in [1.807, 2.05) is 36.6 Å². The molecule has 0 saturated carbocycles. The number of rotatable bonds is 8. The van der Waals surface area contributed by atoms with Crippen LogP contribution in [0.25, 0.3) is 16.8 Å². The largest absolute Gasteiger partial charge is 0.493 e. The molecule has 4 rings (SSSR count). The molecule has 182 valence electrons. The average molecular weight is 466 g/mol. The van der Waals surface area contributed by atoms with Crippen molar-refractivity contribution in [2.75, 3.05) is 38.8 Å². The third-order valence-corrected chi connectivity index (χ3v) is 6.56. The zero-order chi connectivity index (χ0) is 24.2. The van der Waals surface area contributed by atoms with Crippen LogP contribution in [0.3, 0.4) is 0 Å². The number of aromatic nitrogens is 3. The molecule has 0 radical (unpaired) electrons. The summed E-state index contributed by atoms with van der Waals surface area (Å²) < 4.78 is 12.9. The molecule has 0 aliphatic carbocycles. The van der Waals surface area contributed by atoms with Crippen LogP contribution in [0.2, 0.25) is 0 Å². The third-order valence-electron chi connectivity index (χ3n) is 6.56. The van der Waals surface area contributed by atoms with Crippen molar-refractivity contribution >= 4 is 17.4 Å². The molecule has 1 amide bonds. The van der Waals surface area contributed by atoms with Gasteiger partial charge in [-0.15, -0.1) is 0 Å². The quantitative estimate of drug-likeness (QED) is 0.503. The number of anilines is 1. The van der Waals surface area contributed by atoms with Gasteiger partial charge in [-0.3, -0.25) is 4.79 Å². The highest BCUT2D eigenvalue weighted by Crippen LogP contribution is 2.36. The number of hydrogen-bond acceptors (Lipinski definition) is 6. The number of fused-ring (bicyclic) bond motifs is 1. The van der Waals surface area contributed by atoms with Gasteiger partial charge in [0.1, 0.15) is 5.82 Å². The highest BCUT2D eigenvalue weighted by atomic mass is 16.5. The van der Waals surface area contributed by atoms with E-state index < -0.39 is 0 Å². The van der Waals surface area contributed by atoms with Crippen molar-refractivity contribution in [1.29, 1.82) is 0 Å². The van der Waals surface area contributed by atoms with E-state index in [0.717, 1.165) is 79.3 Å².